The quantitative estimate of drug-likeness (QED) is 0.851. The number of para-hydroxylation sites is 1. The van der Waals surface area contributed by atoms with Crippen molar-refractivity contribution in [3.05, 3.63) is 41.7 Å². The number of nitrogens with zero attached hydrogens (tertiary/aromatic N) is 3. The summed E-state index contributed by atoms with van der Waals surface area (Å²) in [4.78, 5) is 1.84. The largest absolute Gasteiger partial charge is 0.361 e. The second kappa shape index (κ2) is 5.63. The Hall–Kier alpha value is -1.53. The molecule has 0 amide bonds. The van der Waals surface area contributed by atoms with Crippen molar-refractivity contribution in [2.45, 2.75) is 6.92 Å². The Kier molecular flexibility index (Phi) is 4.11. The van der Waals surface area contributed by atoms with Crippen LogP contribution in [0.4, 0.5) is 5.69 Å². The number of likely N-dealkylation sites (N-methyl/N-ethyl adjacent to an activating group) is 1. The number of hydrogen-bond acceptors (Lipinski definition) is 4. The molecule has 0 aromatic heterocycles. The molecule has 1 heterocycles. The fraction of sp³-hybridized carbons (Fsp3) is 0.385. The Morgan fingerprint density at radius 2 is 2.00 bits per heavy atom. The summed E-state index contributed by atoms with van der Waals surface area (Å²) in [6.45, 7) is 2.73. The average molecular weight is 281 g/mol. The third-order valence-corrected chi connectivity index (χ3v) is 3.99. The van der Waals surface area contributed by atoms with Gasteiger partial charge in [0.05, 0.1) is 23.6 Å². The minimum atomic E-state index is -1.82. The van der Waals surface area contributed by atoms with Gasteiger partial charge >= 0.3 is 0 Å². The van der Waals surface area contributed by atoms with Crippen LogP contribution in [0.25, 0.3) is 0 Å². The predicted octanol–water partition coefficient (Wildman–Crippen LogP) is 1.70. The maximum atomic E-state index is 10.9. The molecule has 1 unspecified atom stereocenters. The Morgan fingerprint density at radius 3 is 2.58 bits per heavy atom. The summed E-state index contributed by atoms with van der Waals surface area (Å²) in [7, 11) is 3.84. The topological polar surface area (TPSA) is 47.0 Å². The maximum Gasteiger partial charge on any atom is 0.173 e. The molecule has 19 heavy (non-hydrogen) atoms. The number of hydrazine groups is 1. The van der Waals surface area contributed by atoms with Gasteiger partial charge < -0.3 is 9.45 Å². The lowest BCUT2D eigenvalue weighted by Crippen LogP contribution is -2.34. The molecule has 0 fully saturated rings. The van der Waals surface area contributed by atoms with Gasteiger partial charge in [-0.15, -0.1) is 0 Å². The Balaban J connectivity index is 2.18. The van der Waals surface area contributed by atoms with Gasteiger partial charge in [-0.05, 0) is 19.1 Å². The van der Waals surface area contributed by atoms with Crippen molar-refractivity contribution >= 4 is 16.8 Å². The van der Waals surface area contributed by atoms with Crippen molar-refractivity contribution in [1.82, 2.24) is 9.91 Å². The summed E-state index contributed by atoms with van der Waals surface area (Å²) < 4.78 is 19.9. The molecule has 1 aromatic carbocycles. The van der Waals surface area contributed by atoms with E-state index < -0.39 is 11.1 Å². The zero-order chi connectivity index (χ0) is 14.0. The molecule has 104 valence electrons. The molecular formula is C13H19N3O2S. The van der Waals surface area contributed by atoms with Crippen molar-refractivity contribution in [1.29, 1.82) is 0 Å². The fourth-order valence-electron chi connectivity index (χ4n) is 2.24. The van der Waals surface area contributed by atoms with Crippen LogP contribution in [0.15, 0.2) is 41.7 Å². The summed E-state index contributed by atoms with van der Waals surface area (Å²) in [5.74, 6) is 0.128. The van der Waals surface area contributed by atoms with Crippen molar-refractivity contribution < 1.29 is 8.76 Å². The molecule has 0 spiro atoms. The van der Waals surface area contributed by atoms with E-state index in [9.17, 15) is 4.21 Å². The third-order valence-electron chi connectivity index (χ3n) is 3.38. The van der Waals surface area contributed by atoms with Gasteiger partial charge in [0, 0.05) is 14.1 Å². The SMILES string of the molecule is CC1=C(N(C)CS(=O)O)CN(c2ccccc2)N1C. The highest BCUT2D eigenvalue weighted by Gasteiger charge is 2.27. The van der Waals surface area contributed by atoms with Crippen molar-refractivity contribution in [2.24, 2.45) is 0 Å². The number of hydrogen-bond donors (Lipinski definition) is 1. The fourth-order valence-corrected chi connectivity index (χ4v) is 2.72. The third kappa shape index (κ3) is 2.90. The number of rotatable bonds is 4. The molecule has 2 rings (SSSR count). The molecule has 1 atom stereocenters. The van der Waals surface area contributed by atoms with E-state index in [-0.39, 0.29) is 5.88 Å². The van der Waals surface area contributed by atoms with E-state index in [0.29, 0.717) is 6.54 Å². The lowest BCUT2D eigenvalue weighted by molar-refractivity contribution is 0.422. The normalized spacial score (nSPS) is 17.1. The van der Waals surface area contributed by atoms with Gasteiger partial charge in [0.25, 0.3) is 0 Å². The van der Waals surface area contributed by atoms with Gasteiger partial charge in [-0.1, -0.05) is 18.2 Å². The first-order chi connectivity index (χ1) is 9.00. The molecule has 1 N–H and O–H groups in total. The van der Waals surface area contributed by atoms with E-state index in [4.69, 9.17) is 4.55 Å². The molecule has 0 aliphatic carbocycles. The highest BCUT2D eigenvalue weighted by Crippen LogP contribution is 2.28. The monoisotopic (exact) mass is 281 g/mol. The van der Waals surface area contributed by atoms with Crippen molar-refractivity contribution in [3.63, 3.8) is 0 Å². The highest BCUT2D eigenvalue weighted by molar-refractivity contribution is 7.79. The summed E-state index contributed by atoms with van der Waals surface area (Å²) in [6, 6.07) is 10.1. The van der Waals surface area contributed by atoms with Gasteiger partial charge in [-0.2, -0.15) is 0 Å². The zero-order valence-electron chi connectivity index (χ0n) is 11.4. The van der Waals surface area contributed by atoms with Crippen LogP contribution < -0.4 is 5.01 Å². The van der Waals surface area contributed by atoms with Crippen LogP contribution in [0.1, 0.15) is 6.92 Å². The molecule has 0 radical (unpaired) electrons. The summed E-state index contributed by atoms with van der Waals surface area (Å²) in [6.07, 6.45) is 0. The van der Waals surface area contributed by atoms with Crippen LogP contribution in [0.3, 0.4) is 0 Å². The summed E-state index contributed by atoms with van der Waals surface area (Å²) in [5, 5.41) is 4.21. The van der Waals surface area contributed by atoms with Crippen LogP contribution in [-0.2, 0) is 11.1 Å². The maximum absolute atomic E-state index is 10.9. The van der Waals surface area contributed by atoms with Crippen LogP contribution in [0, 0.1) is 0 Å². The zero-order valence-corrected chi connectivity index (χ0v) is 12.2. The highest BCUT2D eigenvalue weighted by atomic mass is 32.2. The smallest absolute Gasteiger partial charge is 0.173 e. The lowest BCUT2D eigenvalue weighted by atomic mass is 10.3. The van der Waals surface area contributed by atoms with Crippen LogP contribution in [-0.4, -0.2) is 45.2 Å². The molecule has 0 saturated heterocycles. The molecular weight excluding hydrogens is 262 g/mol. The number of allylic oxidation sites excluding steroid dienone is 1. The Bertz CT molecular complexity index is 504. The van der Waals surface area contributed by atoms with E-state index in [1.807, 2.05) is 44.1 Å². The van der Waals surface area contributed by atoms with Gasteiger partial charge in [0.2, 0.25) is 0 Å². The number of benzene rings is 1. The Labute approximate surface area is 116 Å². The van der Waals surface area contributed by atoms with Crippen molar-refractivity contribution in [3.8, 4) is 0 Å². The van der Waals surface area contributed by atoms with Crippen LogP contribution in [0.5, 0.6) is 0 Å². The van der Waals surface area contributed by atoms with Crippen LogP contribution >= 0.6 is 0 Å². The van der Waals surface area contributed by atoms with E-state index in [1.54, 1.807) is 0 Å². The lowest BCUT2D eigenvalue weighted by Gasteiger charge is -2.29. The molecule has 0 bridgehead atoms. The van der Waals surface area contributed by atoms with Gasteiger partial charge in [0.15, 0.2) is 11.1 Å². The average Bonchev–Trinajstić information content (AvgIpc) is 2.67. The first-order valence-electron chi connectivity index (χ1n) is 6.05. The summed E-state index contributed by atoms with van der Waals surface area (Å²) >= 11 is -1.82. The predicted molar refractivity (Wildman–Crippen MR) is 77.7 cm³/mol. The first kappa shape index (κ1) is 13.9. The Morgan fingerprint density at radius 1 is 1.37 bits per heavy atom. The van der Waals surface area contributed by atoms with Gasteiger partial charge in [-0.25, -0.2) is 4.21 Å². The van der Waals surface area contributed by atoms with E-state index >= 15 is 0 Å². The van der Waals surface area contributed by atoms with Gasteiger partial charge in [-0.3, -0.25) is 10.0 Å². The molecule has 1 aliphatic heterocycles. The molecule has 5 nitrogen and oxygen atoms in total. The molecule has 1 aromatic rings. The second-order valence-corrected chi connectivity index (χ2v) is 5.50. The van der Waals surface area contributed by atoms with E-state index in [0.717, 1.165) is 17.1 Å². The molecule has 1 aliphatic rings. The van der Waals surface area contributed by atoms with Gasteiger partial charge in [0.1, 0.15) is 5.88 Å². The minimum Gasteiger partial charge on any atom is -0.361 e. The number of anilines is 1. The van der Waals surface area contributed by atoms with Crippen molar-refractivity contribution in [2.75, 3.05) is 31.5 Å². The first-order valence-corrected chi connectivity index (χ1v) is 7.33. The minimum absolute atomic E-state index is 0.128. The van der Waals surface area contributed by atoms with E-state index in [2.05, 4.69) is 22.2 Å². The summed E-state index contributed by atoms with van der Waals surface area (Å²) in [5.41, 5.74) is 3.27. The molecule has 6 heteroatoms. The second-order valence-electron chi connectivity index (χ2n) is 4.60. The van der Waals surface area contributed by atoms with E-state index in [1.165, 1.54) is 0 Å². The van der Waals surface area contributed by atoms with Crippen LogP contribution in [0.2, 0.25) is 0 Å². The standard InChI is InChI=1S/C13H19N3O2S/c1-11-13(14(2)10-19(17)18)9-16(15(11)3)12-7-5-4-6-8-12/h4-8H,9-10H2,1-3H3,(H,17,18). The molecule has 0 saturated carbocycles.